The van der Waals surface area contributed by atoms with Crippen LogP contribution in [-0.2, 0) is 4.74 Å². The number of rotatable bonds is 2. The molecule has 1 aromatic heterocycles. The first-order valence-electron chi connectivity index (χ1n) is 6.74. The molecule has 0 amide bonds. The number of carbonyl (C=O) groups is 1. The van der Waals surface area contributed by atoms with Crippen LogP contribution in [0.15, 0.2) is 0 Å². The Hall–Kier alpha value is -1.10. The summed E-state index contributed by atoms with van der Waals surface area (Å²) in [6.07, 6.45) is 3.59. The molecule has 1 aliphatic heterocycles. The van der Waals surface area contributed by atoms with Crippen LogP contribution in [0, 0.1) is 12.3 Å². The lowest BCUT2D eigenvalue weighted by Crippen LogP contribution is -2.25. The highest BCUT2D eigenvalue weighted by Gasteiger charge is 2.25. The minimum Gasteiger partial charge on any atom is -0.464 e. The van der Waals surface area contributed by atoms with Crippen LogP contribution in [0.4, 0.5) is 5.13 Å². The molecule has 106 valence electrons. The van der Waals surface area contributed by atoms with E-state index in [2.05, 4.69) is 23.7 Å². The van der Waals surface area contributed by atoms with Crippen LogP contribution in [0.1, 0.15) is 48.5 Å². The van der Waals surface area contributed by atoms with Crippen LogP contribution in [0.25, 0.3) is 0 Å². The Balaban J connectivity index is 2.16. The van der Waals surface area contributed by atoms with Gasteiger partial charge >= 0.3 is 5.97 Å². The van der Waals surface area contributed by atoms with Crippen molar-refractivity contribution in [3.8, 4) is 0 Å². The Morgan fingerprint density at radius 1 is 1.37 bits per heavy atom. The van der Waals surface area contributed by atoms with Crippen LogP contribution in [-0.4, -0.2) is 31.2 Å². The summed E-state index contributed by atoms with van der Waals surface area (Å²) in [5.74, 6) is -0.338. The number of anilines is 1. The average Bonchev–Trinajstić information content (AvgIpc) is 2.64. The first kappa shape index (κ1) is 14.3. The molecular formula is C14H22N2O2S. The number of methoxy groups -OCH3 is 1. The van der Waals surface area contributed by atoms with Crippen molar-refractivity contribution < 1.29 is 9.53 Å². The topological polar surface area (TPSA) is 42.4 Å². The van der Waals surface area contributed by atoms with Gasteiger partial charge < -0.3 is 9.64 Å². The number of hydrogen-bond acceptors (Lipinski definition) is 5. The van der Waals surface area contributed by atoms with Crippen molar-refractivity contribution in [1.29, 1.82) is 0 Å². The molecule has 2 heterocycles. The molecule has 0 spiro atoms. The van der Waals surface area contributed by atoms with Crippen LogP contribution < -0.4 is 4.90 Å². The minimum atomic E-state index is -0.338. The number of aryl methyl sites for hydroxylation is 1. The zero-order valence-corrected chi connectivity index (χ0v) is 13.0. The maximum Gasteiger partial charge on any atom is 0.357 e. The fraction of sp³-hybridized carbons (Fsp3) is 0.714. The molecule has 1 aliphatic rings. The standard InChI is InChI=1S/C14H22N2O2S/c1-10-11(12(17)18-4)15-13(19-10)16-8-5-6-14(2,3)7-9-16/h5-9H2,1-4H3. The van der Waals surface area contributed by atoms with Crippen LogP contribution in [0.3, 0.4) is 0 Å². The highest BCUT2D eigenvalue weighted by Crippen LogP contribution is 2.33. The van der Waals surface area contributed by atoms with Crippen molar-refractivity contribution in [2.24, 2.45) is 5.41 Å². The Bertz CT molecular complexity index is 468. The molecule has 0 unspecified atom stereocenters. The van der Waals surface area contributed by atoms with Gasteiger partial charge in [0.05, 0.1) is 7.11 Å². The second kappa shape index (κ2) is 5.49. The number of thiazole rings is 1. The van der Waals surface area contributed by atoms with E-state index >= 15 is 0 Å². The summed E-state index contributed by atoms with van der Waals surface area (Å²) in [6.45, 7) is 8.61. The Morgan fingerprint density at radius 3 is 2.79 bits per heavy atom. The lowest BCUT2D eigenvalue weighted by atomic mass is 9.85. The lowest BCUT2D eigenvalue weighted by molar-refractivity contribution is 0.0594. The van der Waals surface area contributed by atoms with Gasteiger partial charge in [0, 0.05) is 18.0 Å². The summed E-state index contributed by atoms with van der Waals surface area (Å²) < 4.78 is 4.76. The molecule has 0 N–H and O–H groups in total. The van der Waals surface area contributed by atoms with Crippen molar-refractivity contribution in [3.63, 3.8) is 0 Å². The van der Waals surface area contributed by atoms with Gasteiger partial charge in [0.2, 0.25) is 0 Å². The lowest BCUT2D eigenvalue weighted by Gasteiger charge is -2.22. The van der Waals surface area contributed by atoms with E-state index in [9.17, 15) is 4.79 Å². The molecule has 1 aromatic rings. The van der Waals surface area contributed by atoms with E-state index < -0.39 is 0 Å². The highest BCUT2D eigenvalue weighted by atomic mass is 32.1. The largest absolute Gasteiger partial charge is 0.464 e. The maximum absolute atomic E-state index is 11.6. The van der Waals surface area contributed by atoms with Gasteiger partial charge in [-0.15, -0.1) is 11.3 Å². The van der Waals surface area contributed by atoms with Crippen molar-refractivity contribution in [1.82, 2.24) is 4.98 Å². The van der Waals surface area contributed by atoms with E-state index in [1.807, 2.05) is 6.92 Å². The molecule has 1 saturated heterocycles. The fourth-order valence-electron chi connectivity index (χ4n) is 2.42. The summed E-state index contributed by atoms with van der Waals surface area (Å²) in [5, 5.41) is 0.954. The van der Waals surface area contributed by atoms with Gasteiger partial charge in [-0.25, -0.2) is 9.78 Å². The second-order valence-corrected chi connectivity index (χ2v) is 7.08. The Kier molecular flexibility index (Phi) is 4.13. The second-order valence-electron chi connectivity index (χ2n) is 5.90. The van der Waals surface area contributed by atoms with E-state index in [0.29, 0.717) is 11.1 Å². The van der Waals surface area contributed by atoms with Crippen LogP contribution in [0.2, 0.25) is 0 Å². The number of nitrogens with zero attached hydrogens (tertiary/aromatic N) is 2. The minimum absolute atomic E-state index is 0.338. The molecule has 2 rings (SSSR count). The molecule has 0 bridgehead atoms. The maximum atomic E-state index is 11.6. The first-order chi connectivity index (χ1) is 8.93. The third kappa shape index (κ3) is 3.26. The van der Waals surface area contributed by atoms with Crippen molar-refractivity contribution in [2.45, 2.75) is 40.0 Å². The monoisotopic (exact) mass is 282 g/mol. The number of aromatic nitrogens is 1. The predicted molar refractivity (Wildman–Crippen MR) is 78.0 cm³/mol. The Morgan fingerprint density at radius 2 is 2.11 bits per heavy atom. The van der Waals surface area contributed by atoms with Crippen molar-refractivity contribution in [3.05, 3.63) is 10.6 Å². The zero-order chi connectivity index (χ0) is 14.0. The van der Waals surface area contributed by atoms with Gasteiger partial charge in [-0.1, -0.05) is 13.8 Å². The van der Waals surface area contributed by atoms with E-state index in [1.54, 1.807) is 11.3 Å². The molecule has 0 radical (unpaired) electrons. The average molecular weight is 282 g/mol. The summed E-state index contributed by atoms with van der Waals surface area (Å²) in [6, 6.07) is 0. The van der Waals surface area contributed by atoms with Gasteiger partial charge in [-0.2, -0.15) is 0 Å². The molecule has 4 nitrogen and oxygen atoms in total. The quantitative estimate of drug-likeness (QED) is 0.781. The van der Waals surface area contributed by atoms with Gasteiger partial charge in [0.25, 0.3) is 0 Å². The van der Waals surface area contributed by atoms with Gasteiger partial charge in [0.15, 0.2) is 10.8 Å². The molecule has 0 atom stereocenters. The van der Waals surface area contributed by atoms with E-state index in [1.165, 1.54) is 26.4 Å². The van der Waals surface area contributed by atoms with E-state index in [-0.39, 0.29) is 5.97 Å². The van der Waals surface area contributed by atoms with Gasteiger partial charge in [-0.05, 0) is 31.6 Å². The molecule has 0 saturated carbocycles. The first-order valence-corrected chi connectivity index (χ1v) is 7.55. The smallest absolute Gasteiger partial charge is 0.357 e. The molecule has 0 aromatic carbocycles. The predicted octanol–water partition coefficient (Wildman–Crippen LogP) is 3.25. The number of hydrogen-bond donors (Lipinski definition) is 0. The number of ether oxygens (including phenoxy) is 1. The van der Waals surface area contributed by atoms with E-state index in [4.69, 9.17) is 4.74 Å². The normalized spacial score (nSPS) is 19.1. The van der Waals surface area contributed by atoms with E-state index in [0.717, 1.165) is 23.1 Å². The molecule has 1 fully saturated rings. The van der Waals surface area contributed by atoms with Crippen LogP contribution in [0.5, 0.6) is 0 Å². The van der Waals surface area contributed by atoms with Crippen molar-refractivity contribution in [2.75, 3.05) is 25.1 Å². The SMILES string of the molecule is COC(=O)c1nc(N2CCCC(C)(C)CC2)sc1C. The fourth-order valence-corrected chi connectivity index (χ4v) is 3.37. The molecule has 5 heteroatoms. The third-order valence-corrected chi connectivity index (χ3v) is 4.81. The number of carbonyl (C=O) groups excluding carboxylic acids is 1. The summed E-state index contributed by atoms with van der Waals surface area (Å²) in [4.78, 5) is 19.3. The van der Waals surface area contributed by atoms with Gasteiger partial charge in [-0.3, -0.25) is 0 Å². The molecule has 19 heavy (non-hydrogen) atoms. The number of esters is 1. The van der Waals surface area contributed by atoms with Crippen LogP contribution >= 0.6 is 11.3 Å². The highest BCUT2D eigenvalue weighted by molar-refractivity contribution is 7.15. The zero-order valence-electron chi connectivity index (χ0n) is 12.2. The van der Waals surface area contributed by atoms with Crippen molar-refractivity contribution >= 4 is 22.4 Å². The third-order valence-electron chi connectivity index (χ3n) is 3.77. The molecule has 0 aliphatic carbocycles. The molecular weight excluding hydrogens is 260 g/mol. The van der Waals surface area contributed by atoms with Gasteiger partial charge in [0.1, 0.15) is 0 Å². The summed E-state index contributed by atoms with van der Waals surface area (Å²) in [5.41, 5.74) is 0.873. The Labute approximate surface area is 118 Å². The summed E-state index contributed by atoms with van der Waals surface area (Å²) in [7, 11) is 1.40. The summed E-state index contributed by atoms with van der Waals surface area (Å²) >= 11 is 1.59.